The second-order valence-electron chi connectivity index (χ2n) is 17.8. The number of imide groups is 1. The molecular weight excluding hydrogens is 965 g/mol. The van der Waals surface area contributed by atoms with E-state index in [2.05, 4.69) is 28.6 Å². The van der Waals surface area contributed by atoms with Gasteiger partial charge in [0.2, 0.25) is 18.1 Å². The number of anilines is 1. The fourth-order valence-electron chi connectivity index (χ4n) is 7.83. The molecule has 3 aromatic rings. The summed E-state index contributed by atoms with van der Waals surface area (Å²) >= 11 is 4.24. The maximum atomic E-state index is 13.1. The van der Waals surface area contributed by atoms with Gasteiger partial charge in [-0.15, -0.1) is 0 Å². The lowest BCUT2D eigenvalue weighted by Gasteiger charge is -2.35. The molecule has 0 radical (unpaired) electrons. The summed E-state index contributed by atoms with van der Waals surface area (Å²) < 4.78 is 27.9. The van der Waals surface area contributed by atoms with E-state index in [0.717, 1.165) is 74.7 Å². The summed E-state index contributed by atoms with van der Waals surface area (Å²) in [7, 11) is 0. The molecule has 6 N–H and O–H groups in total. The molecule has 2 aliphatic rings. The summed E-state index contributed by atoms with van der Waals surface area (Å²) in [6, 6.07) is 18.6. The summed E-state index contributed by atoms with van der Waals surface area (Å²) in [5.41, 5.74) is 2.02. The van der Waals surface area contributed by atoms with Crippen molar-refractivity contribution in [1.82, 2.24) is 15.5 Å². The number of unbranched alkanes of at least 4 members (excludes halogenated alkanes) is 11. The number of thiol groups is 1. The normalized spacial score (nSPS) is 17.2. The van der Waals surface area contributed by atoms with Gasteiger partial charge in [-0.1, -0.05) is 76.0 Å². The minimum Gasteiger partial charge on any atom is -0.494 e. The molecule has 5 rings (SSSR count). The summed E-state index contributed by atoms with van der Waals surface area (Å²) in [5, 5.41) is 38.4. The maximum Gasteiger partial charge on any atom is 0.407 e. The number of alkyl carbamates (subject to hydrolysis) is 1. The molecule has 0 aliphatic carbocycles. The number of rotatable bonds is 32. The number of amides is 5. The predicted molar refractivity (Wildman–Crippen MR) is 271 cm³/mol. The molecule has 1 saturated heterocycles. The molecule has 0 aromatic heterocycles. The Hall–Kier alpha value is -6.48. The zero-order chi connectivity index (χ0) is 52.4. The molecule has 0 bridgehead atoms. The van der Waals surface area contributed by atoms with Crippen LogP contribution in [-0.4, -0.2) is 113 Å². The molecule has 4 atom stereocenters. The first-order chi connectivity index (χ1) is 35.3. The molecule has 0 unspecified atom stereocenters. The van der Waals surface area contributed by atoms with Crippen LogP contribution in [0, 0.1) is 0 Å². The molecule has 1 fully saturated rings. The van der Waals surface area contributed by atoms with Gasteiger partial charge in [0.15, 0.2) is 6.10 Å². The zero-order valence-electron chi connectivity index (χ0n) is 41.0. The van der Waals surface area contributed by atoms with Gasteiger partial charge in [0.1, 0.15) is 30.0 Å². The number of esters is 1. The monoisotopic (exact) mass is 1030 g/mol. The maximum absolute atomic E-state index is 13.1. The van der Waals surface area contributed by atoms with Crippen LogP contribution in [0.15, 0.2) is 78.9 Å². The number of hydrogen-bond acceptors (Lipinski definition) is 15. The second kappa shape index (κ2) is 31.2. The van der Waals surface area contributed by atoms with Crippen LogP contribution in [0.4, 0.5) is 10.5 Å². The van der Waals surface area contributed by atoms with Gasteiger partial charge in [-0.3, -0.25) is 24.1 Å². The Morgan fingerprint density at radius 2 is 1.33 bits per heavy atom. The molecule has 20 heteroatoms. The van der Waals surface area contributed by atoms with Crippen molar-refractivity contribution in [3.8, 4) is 17.2 Å². The number of ether oxygens (including phenoxy) is 5. The highest BCUT2D eigenvalue weighted by Crippen LogP contribution is 2.31. The lowest BCUT2D eigenvalue weighted by atomic mass is 10.0. The lowest BCUT2D eigenvalue weighted by molar-refractivity contribution is -0.238. The number of aliphatic hydroxyl groups is 2. The molecule has 73 heavy (non-hydrogen) atoms. The Kier molecular flexibility index (Phi) is 24.5. The Morgan fingerprint density at radius 3 is 2.00 bits per heavy atom. The Morgan fingerprint density at radius 1 is 0.699 bits per heavy atom. The third-order valence-corrected chi connectivity index (χ3v) is 12.4. The van der Waals surface area contributed by atoms with Gasteiger partial charge in [0, 0.05) is 56.8 Å². The number of carbonyl (C=O) groups excluding carboxylic acids is 6. The number of nitrogens with one attached hydrogen (secondary N) is 3. The van der Waals surface area contributed by atoms with Crippen LogP contribution in [0.25, 0.3) is 0 Å². The highest BCUT2D eigenvalue weighted by Gasteiger charge is 2.41. The average Bonchev–Trinajstić information content (AvgIpc) is 3.70. The van der Waals surface area contributed by atoms with Gasteiger partial charge < -0.3 is 55.0 Å². The number of benzene rings is 3. The molecule has 0 saturated carbocycles. The Balaban J connectivity index is 0.924. The minimum absolute atomic E-state index is 0.00180. The van der Waals surface area contributed by atoms with Gasteiger partial charge in [-0.05, 0) is 85.3 Å². The summed E-state index contributed by atoms with van der Waals surface area (Å²) in [6.07, 6.45) is 7.52. The molecular formula is C53H68N4O15S. The summed E-state index contributed by atoms with van der Waals surface area (Å²) in [6.45, 7) is 1.13. The van der Waals surface area contributed by atoms with E-state index in [1.54, 1.807) is 42.5 Å². The highest BCUT2D eigenvalue weighted by atomic mass is 32.1. The summed E-state index contributed by atoms with van der Waals surface area (Å²) in [4.78, 5) is 86.6. The van der Waals surface area contributed by atoms with Crippen molar-refractivity contribution in [3.63, 3.8) is 0 Å². The predicted octanol–water partition coefficient (Wildman–Crippen LogP) is 6.77. The van der Waals surface area contributed by atoms with Crippen molar-refractivity contribution in [3.05, 3.63) is 95.6 Å². The van der Waals surface area contributed by atoms with Crippen molar-refractivity contribution in [2.75, 3.05) is 31.6 Å². The van der Waals surface area contributed by atoms with Gasteiger partial charge in [0.05, 0.1) is 24.0 Å². The van der Waals surface area contributed by atoms with Crippen LogP contribution in [-0.2, 0) is 45.8 Å². The van der Waals surface area contributed by atoms with Gasteiger partial charge in [-0.2, -0.15) is 12.6 Å². The van der Waals surface area contributed by atoms with E-state index >= 15 is 0 Å². The average molecular weight is 1030 g/mol. The van der Waals surface area contributed by atoms with Crippen molar-refractivity contribution < 1.29 is 72.6 Å². The standard InChI is InChI=1S/C53H68N4O15S/c58-42-33-44(50(64)65)72-52(49(42)63)71-43-24-17-37(32-41(43)56-46(60)27-29-54-45(59)14-10-9-12-30-57-47(61)25-26-48(57)62)34-69-53(67)55-28-11-7-5-3-1-2-4-6-8-13-31-68-39-22-18-38(19-23-39)51(66)70-40-20-15-36(35-73)16-21-40/h15-26,32,42,44,49,52,58,63,73H,1-14,27-31,33-35H2,(H,54,59)(H,55,67)(H,56,60)(H,64,65)/t42-,44-,49+,52+/m1/s1. The third kappa shape index (κ3) is 20.5. The minimum atomic E-state index is -1.61. The van der Waals surface area contributed by atoms with Crippen molar-refractivity contribution in [1.29, 1.82) is 0 Å². The lowest BCUT2D eigenvalue weighted by Crippen LogP contribution is -2.52. The van der Waals surface area contributed by atoms with E-state index in [0.29, 0.717) is 60.8 Å². The van der Waals surface area contributed by atoms with E-state index in [-0.39, 0.29) is 68.1 Å². The van der Waals surface area contributed by atoms with Crippen molar-refractivity contribution in [2.24, 2.45) is 0 Å². The molecule has 0 spiro atoms. The van der Waals surface area contributed by atoms with E-state index in [1.165, 1.54) is 24.3 Å². The zero-order valence-corrected chi connectivity index (χ0v) is 41.9. The van der Waals surface area contributed by atoms with Gasteiger partial charge in [0.25, 0.3) is 11.8 Å². The first-order valence-electron chi connectivity index (χ1n) is 25.0. The first kappa shape index (κ1) is 57.4. The van der Waals surface area contributed by atoms with E-state index in [1.807, 2.05) is 12.1 Å². The highest BCUT2D eigenvalue weighted by molar-refractivity contribution is 7.79. The smallest absolute Gasteiger partial charge is 0.407 e. The number of aliphatic hydroxyl groups excluding tert-OH is 2. The number of carboxylic acid groups (broad SMARTS) is 1. The van der Waals surface area contributed by atoms with Gasteiger partial charge in [-0.25, -0.2) is 14.4 Å². The topological polar surface area (TPSA) is 266 Å². The number of carboxylic acids is 1. The number of carbonyl (C=O) groups is 7. The van der Waals surface area contributed by atoms with Crippen molar-refractivity contribution >= 4 is 60.0 Å². The Labute approximate surface area is 430 Å². The fraction of sp³-hybridized carbons (Fsp3) is 0.491. The third-order valence-electron chi connectivity index (χ3n) is 12.0. The summed E-state index contributed by atoms with van der Waals surface area (Å²) in [5.74, 6) is -1.53. The number of nitrogens with zero attached hydrogens (tertiary/aromatic N) is 1. The van der Waals surface area contributed by atoms with Crippen molar-refractivity contribution in [2.45, 2.75) is 140 Å². The molecule has 396 valence electrons. The largest absolute Gasteiger partial charge is 0.494 e. The van der Waals surface area contributed by atoms with Crippen LogP contribution < -0.4 is 30.2 Å². The van der Waals surface area contributed by atoms with Gasteiger partial charge >= 0.3 is 18.0 Å². The van der Waals surface area contributed by atoms with Crippen LogP contribution in [0.5, 0.6) is 17.2 Å². The van der Waals surface area contributed by atoms with Crippen LogP contribution in [0.2, 0.25) is 0 Å². The SMILES string of the molecule is O=C(CCCCCN1C(=O)C=CC1=O)NCCC(=O)Nc1cc(COC(=O)NCCCCCCCCCCCCOc2ccc(C(=O)Oc3ccc(CS)cc3)cc2)ccc1O[C@H]1O[C@@H](C(=O)O)C[C@@H](O)[C@@H]1O. The Bertz CT molecular complexity index is 2290. The molecule has 3 aromatic carbocycles. The molecule has 5 amide bonds. The number of aliphatic carboxylic acids is 1. The van der Waals surface area contributed by atoms with Crippen LogP contribution in [0.3, 0.4) is 0 Å². The molecule has 19 nitrogen and oxygen atoms in total. The van der Waals surface area contributed by atoms with Crippen LogP contribution >= 0.6 is 12.6 Å². The second-order valence-corrected chi connectivity index (χ2v) is 18.1. The van der Waals surface area contributed by atoms with E-state index < -0.39 is 48.5 Å². The fourth-order valence-corrected chi connectivity index (χ4v) is 8.04. The van der Waals surface area contributed by atoms with E-state index in [9.17, 15) is 48.9 Å². The molecule has 2 aliphatic heterocycles. The molecule has 2 heterocycles. The quantitative estimate of drug-likeness (QED) is 0.0112. The first-order valence-corrected chi connectivity index (χ1v) is 25.6. The number of hydrogen-bond donors (Lipinski definition) is 7. The van der Waals surface area contributed by atoms with Crippen LogP contribution in [0.1, 0.15) is 124 Å². The van der Waals surface area contributed by atoms with E-state index in [4.69, 9.17) is 23.7 Å².